The molecule has 0 radical (unpaired) electrons. The number of fused-ring (bicyclic) bond motifs is 1. The van der Waals surface area contributed by atoms with Crippen LogP contribution in [-0.2, 0) is 13.5 Å². The first-order chi connectivity index (χ1) is 11.2. The number of anilines is 1. The van der Waals surface area contributed by atoms with E-state index in [4.69, 9.17) is 0 Å². The Morgan fingerprint density at radius 2 is 2.00 bits per heavy atom. The number of aromatic nitrogens is 2. The molecule has 0 spiro atoms. The highest BCUT2D eigenvalue weighted by Crippen LogP contribution is 2.41. The van der Waals surface area contributed by atoms with Crippen LogP contribution in [0.5, 0.6) is 5.75 Å². The van der Waals surface area contributed by atoms with Crippen LogP contribution in [0.4, 0.5) is 18.9 Å². The smallest absolute Gasteiger partial charge is 0.405 e. The molecule has 0 saturated carbocycles. The van der Waals surface area contributed by atoms with E-state index in [1.165, 1.54) is 6.07 Å². The van der Waals surface area contributed by atoms with E-state index in [2.05, 4.69) is 14.7 Å². The molecule has 0 saturated heterocycles. The number of aryl methyl sites for hydroxylation is 2. The molecule has 0 unspecified atom stereocenters. The monoisotopic (exact) mass is 339 g/mol. The molecule has 0 aliphatic carbocycles. The zero-order chi connectivity index (χ0) is 17.5. The van der Waals surface area contributed by atoms with Gasteiger partial charge in [-0.3, -0.25) is 4.68 Å². The molecule has 24 heavy (non-hydrogen) atoms. The van der Waals surface area contributed by atoms with Crippen molar-refractivity contribution in [1.29, 1.82) is 0 Å². The molecule has 0 fully saturated rings. The van der Waals surface area contributed by atoms with E-state index in [1.54, 1.807) is 24.1 Å². The Morgan fingerprint density at radius 1 is 1.25 bits per heavy atom. The van der Waals surface area contributed by atoms with Crippen LogP contribution in [0, 0.1) is 0 Å². The molecule has 1 aliphatic heterocycles. The number of nitrogens with zero attached hydrogens (tertiary/aromatic N) is 3. The normalized spacial score (nSPS) is 14.9. The van der Waals surface area contributed by atoms with Gasteiger partial charge in [0.2, 0.25) is 0 Å². The Hall–Kier alpha value is -2.18. The Bertz CT molecular complexity index is 737. The summed E-state index contributed by atoms with van der Waals surface area (Å²) in [5.74, 6) is -0.179. The highest BCUT2D eigenvalue weighted by Gasteiger charge is 2.33. The maximum absolute atomic E-state index is 12.9. The molecule has 0 bridgehead atoms. The highest BCUT2D eigenvalue weighted by atomic mass is 19.4. The predicted molar refractivity (Wildman–Crippen MR) is 86.1 cm³/mol. The fraction of sp³-hybridized carbons (Fsp3) is 0.471. The lowest BCUT2D eigenvalue weighted by molar-refractivity contribution is -0.274. The van der Waals surface area contributed by atoms with Crippen molar-refractivity contribution in [2.45, 2.75) is 39.1 Å². The second-order valence-electron chi connectivity index (χ2n) is 6.32. The summed E-state index contributed by atoms with van der Waals surface area (Å²) < 4.78 is 44.5. The molecular formula is C17H20F3N3O. The second kappa shape index (κ2) is 6.03. The third-order valence-corrected chi connectivity index (χ3v) is 4.20. The first-order valence-corrected chi connectivity index (χ1v) is 7.93. The number of hydrogen-bond acceptors (Lipinski definition) is 3. The van der Waals surface area contributed by atoms with E-state index in [0.29, 0.717) is 11.1 Å². The van der Waals surface area contributed by atoms with Crippen molar-refractivity contribution in [2.75, 3.05) is 11.4 Å². The van der Waals surface area contributed by atoms with Crippen molar-refractivity contribution in [3.8, 4) is 16.9 Å². The quantitative estimate of drug-likeness (QED) is 0.842. The van der Waals surface area contributed by atoms with Gasteiger partial charge in [-0.15, -0.1) is 13.2 Å². The summed E-state index contributed by atoms with van der Waals surface area (Å²) in [5.41, 5.74) is 2.90. The minimum absolute atomic E-state index is 0.179. The number of benzene rings is 1. The molecule has 3 rings (SSSR count). The summed E-state index contributed by atoms with van der Waals surface area (Å²) in [4.78, 5) is 2.12. The molecule has 2 aromatic rings. The van der Waals surface area contributed by atoms with E-state index in [9.17, 15) is 13.2 Å². The Kier molecular flexibility index (Phi) is 4.19. The van der Waals surface area contributed by atoms with Gasteiger partial charge < -0.3 is 9.64 Å². The second-order valence-corrected chi connectivity index (χ2v) is 6.32. The van der Waals surface area contributed by atoms with Crippen LogP contribution in [0.1, 0.15) is 25.8 Å². The van der Waals surface area contributed by atoms with Crippen LogP contribution in [0.25, 0.3) is 11.1 Å². The summed E-state index contributed by atoms with van der Waals surface area (Å²) >= 11 is 0. The summed E-state index contributed by atoms with van der Waals surface area (Å²) in [6, 6.07) is 3.54. The van der Waals surface area contributed by atoms with Crippen molar-refractivity contribution >= 4 is 5.69 Å². The molecular weight excluding hydrogens is 319 g/mol. The van der Waals surface area contributed by atoms with Gasteiger partial charge >= 0.3 is 6.36 Å². The number of ether oxygens (including phenoxy) is 1. The Balaban J connectivity index is 2.14. The van der Waals surface area contributed by atoms with Crippen molar-refractivity contribution in [2.24, 2.45) is 7.05 Å². The number of hydrogen-bond donors (Lipinski definition) is 0. The fourth-order valence-corrected chi connectivity index (χ4v) is 3.17. The zero-order valence-electron chi connectivity index (χ0n) is 13.9. The number of halogens is 3. The van der Waals surface area contributed by atoms with Gasteiger partial charge in [0.05, 0.1) is 6.20 Å². The van der Waals surface area contributed by atoms with E-state index in [1.807, 2.05) is 19.9 Å². The fourth-order valence-electron chi connectivity index (χ4n) is 3.17. The van der Waals surface area contributed by atoms with Crippen LogP contribution < -0.4 is 9.64 Å². The van der Waals surface area contributed by atoms with Crippen LogP contribution >= 0.6 is 0 Å². The lowest BCUT2D eigenvalue weighted by atomic mass is 9.95. The molecule has 0 amide bonds. The Labute approximate surface area is 138 Å². The standard InChI is InChI=1S/C17H20F3N3O/c1-11(2)23-6-4-5-12-7-14(13-9-21-22(3)10-13)16(8-15(12)23)24-17(18,19)20/h7-11H,4-6H2,1-3H3. The maximum atomic E-state index is 12.9. The summed E-state index contributed by atoms with van der Waals surface area (Å²) in [5, 5.41) is 4.06. The first kappa shape index (κ1) is 16.7. The maximum Gasteiger partial charge on any atom is 0.573 e. The summed E-state index contributed by atoms with van der Waals surface area (Å²) in [7, 11) is 1.73. The lowest BCUT2D eigenvalue weighted by Crippen LogP contribution is -2.35. The minimum atomic E-state index is -4.73. The minimum Gasteiger partial charge on any atom is -0.405 e. The third-order valence-electron chi connectivity index (χ3n) is 4.20. The van der Waals surface area contributed by atoms with E-state index in [0.717, 1.165) is 30.6 Å². The van der Waals surface area contributed by atoms with Crippen LogP contribution in [0.3, 0.4) is 0 Å². The van der Waals surface area contributed by atoms with Crippen LogP contribution in [0.15, 0.2) is 24.5 Å². The molecule has 0 N–H and O–H groups in total. The average molecular weight is 339 g/mol. The van der Waals surface area contributed by atoms with Gasteiger partial charge in [0.1, 0.15) is 5.75 Å². The van der Waals surface area contributed by atoms with Gasteiger partial charge in [0.25, 0.3) is 0 Å². The van der Waals surface area contributed by atoms with Crippen LogP contribution in [0.2, 0.25) is 0 Å². The average Bonchev–Trinajstić information content (AvgIpc) is 2.90. The van der Waals surface area contributed by atoms with Crippen LogP contribution in [-0.4, -0.2) is 28.7 Å². The van der Waals surface area contributed by atoms with Gasteiger partial charge in [-0.2, -0.15) is 5.10 Å². The molecule has 0 atom stereocenters. The molecule has 1 aromatic heterocycles. The molecule has 1 aromatic carbocycles. The van der Waals surface area contributed by atoms with Crippen molar-refractivity contribution in [3.63, 3.8) is 0 Å². The third kappa shape index (κ3) is 3.34. The van der Waals surface area contributed by atoms with Gasteiger partial charge in [-0.1, -0.05) is 0 Å². The Morgan fingerprint density at radius 3 is 2.58 bits per heavy atom. The predicted octanol–water partition coefficient (Wildman–Crippen LogP) is 4.15. The molecule has 130 valence electrons. The molecule has 1 aliphatic rings. The van der Waals surface area contributed by atoms with Gasteiger partial charge in [-0.05, 0) is 38.3 Å². The van der Waals surface area contributed by atoms with E-state index < -0.39 is 6.36 Å². The molecule has 4 nitrogen and oxygen atoms in total. The van der Waals surface area contributed by atoms with Crippen molar-refractivity contribution in [3.05, 3.63) is 30.1 Å². The largest absolute Gasteiger partial charge is 0.573 e. The summed E-state index contributed by atoms with van der Waals surface area (Å²) in [6.45, 7) is 4.91. The number of alkyl halides is 3. The van der Waals surface area contributed by atoms with E-state index >= 15 is 0 Å². The molecule has 2 heterocycles. The summed E-state index contributed by atoms with van der Waals surface area (Å²) in [6.07, 6.45) is 0.333. The highest BCUT2D eigenvalue weighted by molar-refractivity contribution is 5.76. The SMILES string of the molecule is CC(C)N1CCCc2cc(-c3cnn(C)c3)c(OC(F)(F)F)cc21. The topological polar surface area (TPSA) is 30.3 Å². The van der Waals surface area contributed by atoms with Gasteiger partial charge in [0.15, 0.2) is 0 Å². The first-order valence-electron chi connectivity index (χ1n) is 7.93. The van der Waals surface area contributed by atoms with E-state index in [-0.39, 0.29) is 11.8 Å². The van der Waals surface area contributed by atoms with Crippen molar-refractivity contribution in [1.82, 2.24) is 9.78 Å². The van der Waals surface area contributed by atoms with Crippen molar-refractivity contribution < 1.29 is 17.9 Å². The zero-order valence-corrected chi connectivity index (χ0v) is 13.9. The van der Waals surface area contributed by atoms with Gasteiger partial charge in [-0.25, -0.2) is 0 Å². The molecule has 7 heteroatoms. The number of rotatable bonds is 3. The lowest BCUT2D eigenvalue weighted by Gasteiger charge is -2.35. The van der Waals surface area contributed by atoms with Gasteiger partial charge in [0, 0.05) is 48.7 Å².